The van der Waals surface area contributed by atoms with Crippen molar-refractivity contribution < 1.29 is 4.79 Å². The van der Waals surface area contributed by atoms with Crippen molar-refractivity contribution in [1.82, 2.24) is 14.5 Å². The Morgan fingerprint density at radius 2 is 2.20 bits per heavy atom. The van der Waals surface area contributed by atoms with Crippen molar-refractivity contribution in [2.45, 2.75) is 6.54 Å². The Morgan fingerprint density at radius 1 is 1.30 bits per heavy atom. The minimum Gasteiger partial charge on any atom is -0.327 e. The largest absolute Gasteiger partial charge is 0.327 e. The highest BCUT2D eigenvalue weighted by atomic mass is 16.1. The molecular formula is C15H10N4O. The summed E-state index contributed by atoms with van der Waals surface area (Å²) in [5.41, 5.74) is 2.69. The van der Waals surface area contributed by atoms with E-state index in [4.69, 9.17) is 5.26 Å². The summed E-state index contributed by atoms with van der Waals surface area (Å²) >= 11 is 0. The maximum Gasteiger partial charge on any atom is 0.152 e. The lowest BCUT2D eigenvalue weighted by atomic mass is 10.2. The van der Waals surface area contributed by atoms with Crippen LogP contribution >= 0.6 is 0 Å². The van der Waals surface area contributed by atoms with E-state index in [1.54, 1.807) is 30.7 Å². The Morgan fingerprint density at radius 3 is 3.00 bits per heavy atom. The third-order valence-corrected chi connectivity index (χ3v) is 3.08. The van der Waals surface area contributed by atoms with Gasteiger partial charge in [0, 0.05) is 36.1 Å². The lowest BCUT2D eigenvalue weighted by Crippen LogP contribution is -2.00. The van der Waals surface area contributed by atoms with Gasteiger partial charge in [0.15, 0.2) is 6.29 Å². The highest BCUT2D eigenvalue weighted by Crippen LogP contribution is 2.19. The van der Waals surface area contributed by atoms with E-state index in [0.29, 0.717) is 17.8 Å². The average Bonchev–Trinajstić information content (AvgIpc) is 2.86. The Hall–Kier alpha value is -3.00. The van der Waals surface area contributed by atoms with Crippen molar-refractivity contribution in [3.8, 4) is 6.07 Å². The number of carbonyl (C=O) groups is 1. The third kappa shape index (κ3) is 2.04. The van der Waals surface area contributed by atoms with Gasteiger partial charge in [-0.3, -0.25) is 4.79 Å². The number of aromatic nitrogens is 3. The molecule has 0 aromatic carbocycles. The molecule has 0 aliphatic carbocycles. The predicted molar refractivity (Wildman–Crippen MR) is 73.2 cm³/mol. The van der Waals surface area contributed by atoms with Gasteiger partial charge in [0.05, 0.1) is 0 Å². The predicted octanol–water partition coefficient (Wildman–Crippen LogP) is 2.16. The summed E-state index contributed by atoms with van der Waals surface area (Å²) in [7, 11) is 0. The first kappa shape index (κ1) is 12.1. The molecule has 3 heterocycles. The van der Waals surface area contributed by atoms with Gasteiger partial charge >= 0.3 is 0 Å². The lowest BCUT2D eigenvalue weighted by molar-refractivity contribution is 0.112. The van der Waals surface area contributed by atoms with Crippen LogP contribution in [0.25, 0.3) is 11.0 Å². The summed E-state index contributed by atoms with van der Waals surface area (Å²) in [6.07, 6.45) is 5.90. The molecule has 0 saturated carbocycles. The molecule has 96 valence electrons. The number of hydrogen-bond acceptors (Lipinski definition) is 4. The number of fused-ring (bicyclic) bond motifs is 1. The van der Waals surface area contributed by atoms with Gasteiger partial charge in [-0.25, -0.2) is 9.97 Å². The molecular weight excluding hydrogens is 252 g/mol. The van der Waals surface area contributed by atoms with Gasteiger partial charge in [-0.05, 0) is 29.8 Å². The van der Waals surface area contributed by atoms with Crippen molar-refractivity contribution >= 4 is 17.3 Å². The van der Waals surface area contributed by atoms with Crippen LogP contribution in [0.3, 0.4) is 0 Å². The summed E-state index contributed by atoms with van der Waals surface area (Å²) in [6.45, 7) is 0.540. The molecule has 0 N–H and O–H groups in total. The third-order valence-electron chi connectivity index (χ3n) is 3.08. The summed E-state index contributed by atoms with van der Waals surface area (Å²) in [4.78, 5) is 19.3. The van der Waals surface area contributed by atoms with E-state index in [1.807, 2.05) is 22.8 Å². The van der Waals surface area contributed by atoms with Crippen molar-refractivity contribution in [1.29, 1.82) is 5.26 Å². The minimum absolute atomic E-state index is 0.377. The first-order chi connectivity index (χ1) is 9.81. The van der Waals surface area contributed by atoms with Crippen LogP contribution in [-0.2, 0) is 6.54 Å². The number of aldehydes is 1. The normalized spacial score (nSPS) is 10.3. The summed E-state index contributed by atoms with van der Waals surface area (Å²) in [5.74, 6) is 0. The second-order valence-corrected chi connectivity index (χ2v) is 4.37. The zero-order valence-corrected chi connectivity index (χ0v) is 10.5. The van der Waals surface area contributed by atoms with E-state index in [1.165, 1.54) is 0 Å². The van der Waals surface area contributed by atoms with E-state index in [0.717, 1.165) is 22.9 Å². The minimum atomic E-state index is 0.377. The Labute approximate surface area is 115 Å². The van der Waals surface area contributed by atoms with Gasteiger partial charge in [-0.2, -0.15) is 5.26 Å². The Bertz CT molecular complexity index is 829. The van der Waals surface area contributed by atoms with Crippen LogP contribution in [0.2, 0.25) is 0 Å². The molecule has 0 atom stereocenters. The molecule has 0 amide bonds. The van der Waals surface area contributed by atoms with Crippen LogP contribution in [0, 0.1) is 11.3 Å². The van der Waals surface area contributed by atoms with Crippen LogP contribution < -0.4 is 0 Å². The SMILES string of the molecule is N#Cc1cc(Cn2cc(C=O)c3cccnc32)ccn1. The molecule has 0 fully saturated rings. The first-order valence-electron chi connectivity index (χ1n) is 6.06. The summed E-state index contributed by atoms with van der Waals surface area (Å²) in [5, 5.41) is 9.69. The molecule has 0 bridgehead atoms. The molecule has 0 aliphatic rings. The zero-order chi connectivity index (χ0) is 13.9. The zero-order valence-electron chi connectivity index (χ0n) is 10.5. The monoisotopic (exact) mass is 262 g/mol. The smallest absolute Gasteiger partial charge is 0.152 e. The lowest BCUT2D eigenvalue weighted by Gasteiger charge is -2.04. The summed E-state index contributed by atoms with van der Waals surface area (Å²) < 4.78 is 1.90. The number of hydrogen-bond donors (Lipinski definition) is 0. The second kappa shape index (κ2) is 4.94. The van der Waals surface area contributed by atoms with Crippen molar-refractivity contribution in [3.63, 3.8) is 0 Å². The molecule has 0 unspecified atom stereocenters. The van der Waals surface area contributed by atoms with Crippen LogP contribution in [0.1, 0.15) is 21.6 Å². The number of nitriles is 1. The maximum absolute atomic E-state index is 11.1. The van der Waals surface area contributed by atoms with E-state index in [2.05, 4.69) is 9.97 Å². The van der Waals surface area contributed by atoms with Gasteiger partial charge in [0.2, 0.25) is 0 Å². The summed E-state index contributed by atoms with van der Waals surface area (Å²) in [6, 6.07) is 9.27. The second-order valence-electron chi connectivity index (χ2n) is 4.37. The fraction of sp³-hybridized carbons (Fsp3) is 0.0667. The van der Waals surface area contributed by atoms with Gasteiger partial charge in [-0.15, -0.1) is 0 Å². The van der Waals surface area contributed by atoms with E-state index < -0.39 is 0 Å². The molecule has 0 spiro atoms. The molecule has 5 heteroatoms. The van der Waals surface area contributed by atoms with E-state index in [-0.39, 0.29) is 0 Å². The highest BCUT2D eigenvalue weighted by molar-refractivity contribution is 5.95. The average molecular weight is 262 g/mol. The highest BCUT2D eigenvalue weighted by Gasteiger charge is 2.09. The molecule has 3 aromatic rings. The van der Waals surface area contributed by atoms with E-state index >= 15 is 0 Å². The number of nitrogens with zero attached hydrogens (tertiary/aromatic N) is 4. The van der Waals surface area contributed by atoms with Gasteiger partial charge < -0.3 is 4.57 Å². The number of pyridine rings is 2. The molecule has 20 heavy (non-hydrogen) atoms. The van der Waals surface area contributed by atoms with Gasteiger partial charge in [0.25, 0.3) is 0 Å². The van der Waals surface area contributed by atoms with Gasteiger partial charge in [0.1, 0.15) is 17.4 Å². The molecule has 5 nitrogen and oxygen atoms in total. The number of carbonyl (C=O) groups excluding carboxylic acids is 1. The van der Waals surface area contributed by atoms with Crippen LogP contribution in [-0.4, -0.2) is 20.8 Å². The van der Waals surface area contributed by atoms with Crippen molar-refractivity contribution in [3.05, 3.63) is 59.7 Å². The Kier molecular flexibility index (Phi) is 2.98. The molecule has 3 aromatic heterocycles. The van der Waals surface area contributed by atoms with Crippen LogP contribution in [0.15, 0.2) is 42.9 Å². The maximum atomic E-state index is 11.1. The molecule has 0 saturated heterocycles. The van der Waals surface area contributed by atoms with Crippen molar-refractivity contribution in [2.75, 3.05) is 0 Å². The standard InChI is InChI=1S/C15H10N4O/c16-7-13-6-11(3-5-17-13)8-19-9-12(10-20)14-2-1-4-18-15(14)19/h1-6,9-10H,8H2. The quantitative estimate of drug-likeness (QED) is 0.678. The van der Waals surface area contributed by atoms with Gasteiger partial charge in [-0.1, -0.05) is 0 Å². The Balaban J connectivity index is 2.06. The fourth-order valence-electron chi connectivity index (χ4n) is 2.19. The van der Waals surface area contributed by atoms with Crippen LogP contribution in [0.5, 0.6) is 0 Å². The number of rotatable bonds is 3. The van der Waals surface area contributed by atoms with E-state index in [9.17, 15) is 4.79 Å². The van der Waals surface area contributed by atoms with Crippen LogP contribution in [0.4, 0.5) is 0 Å². The molecule has 0 aliphatic heterocycles. The molecule has 0 radical (unpaired) electrons. The molecule has 3 rings (SSSR count). The van der Waals surface area contributed by atoms with Crippen molar-refractivity contribution in [2.24, 2.45) is 0 Å². The topological polar surface area (TPSA) is 71.6 Å². The fourth-order valence-corrected chi connectivity index (χ4v) is 2.19. The first-order valence-corrected chi connectivity index (χ1v) is 6.06.